The average Bonchev–Trinajstić information content (AvgIpc) is 2.83. The fourth-order valence-corrected chi connectivity index (χ4v) is 3.77. The van der Waals surface area contributed by atoms with Crippen LogP contribution < -0.4 is 10.6 Å². The average molecular weight is 282 g/mol. The summed E-state index contributed by atoms with van der Waals surface area (Å²) in [7, 11) is 1.76. The van der Waals surface area contributed by atoms with Crippen LogP contribution in [0.5, 0.6) is 0 Å². The van der Waals surface area contributed by atoms with Crippen molar-refractivity contribution in [2.45, 2.75) is 45.4 Å². The van der Waals surface area contributed by atoms with Crippen LogP contribution in [-0.4, -0.2) is 39.3 Å². The molecule has 2 fully saturated rings. The highest BCUT2D eigenvalue weighted by molar-refractivity contribution is 5.76. The maximum Gasteiger partial charge on any atom is 0.220 e. The van der Waals surface area contributed by atoms with E-state index in [0.29, 0.717) is 12.3 Å². The molecule has 1 saturated heterocycles. The standard InChI is InChI=1S/C16H30N2O2/c1-13-3-4-14(9-13)10-15(19)18-11-16(12-20-2)5-7-17-8-6-16/h13-14,17H,3-12H2,1-2H3,(H,18,19). The minimum absolute atomic E-state index is 0.138. The monoisotopic (exact) mass is 282 g/mol. The molecule has 2 aliphatic rings. The molecule has 1 aliphatic heterocycles. The quantitative estimate of drug-likeness (QED) is 0.783. The molecule has 2 unspecified atom stereocenters. The summed E-state index contributed by atoms with van der Waals surface area (Å²) < 4.78 is 5.39. The first kappa shape index (κ1) is 15.8. The summed E-state index contributed by atoms with van der Waals surface area (Å²) in [5, 5.41) is 6.55. The van der Waals surface area contributed by atoms with Gasteiger partial charge in [-0.2, -0.15) is 0 Å². The summed E-state index contributed by atoms with van der Waals surface area (Å²) in [5.74, 6) is 1.64. The summed E-state index contributed by atoms with van der Waals surface area (Å²) in [6.07, 6.45) is 6.62. The Bertz CT molecular complexity index is 308. The van der Waals surface area contributed by atoms with E-state index in [-0.39, 0.29) is 11.3 Å². The Hall–Kier alpha value is -0.610. The van der Waals surface area contributed by atoms with Crippen LogP contribution in [0.25, 0.3) is 0 Å². The predicted molar refractivity (Wildman–Crippen MR) is 80.5 cm³/mol. The first-order valence-electron chi connectivity index (χ1n) is 8.10. The van der Waals surface area contributed by atoms with Crippen molar-refractivity contribution in [1.29, 1.82) is 0 Å². The van der Waals surface area contributed by atoms with Crippen molar-refractivity contribution < 1.29 is 9.53 Å². The first-order valence-corrected chi connectivity index (χ1v) is 8.10. The maximum atomic E-state index is 12.1. The Labute approximate surface area is 123 Å². The van der Waals surface area contributed by atoms with E-state index in [1.165, 1.54) is 19.3 Å². The van der Waals surface area contributed by atoms with Crippen LogP contribution in [0, 0.1) is 17.3 Å². The fraction of sp³-hybridized carbons (Fsp3) is 0.938. The van der Waals surface area contributed by atoms with E-state index in [9.17, 15) is 4.79 Å². The molecular weight excluding hydrogens is 252 g/mol. The number of methoxy groups -OCH3 is 1. The number of amides is 1. The normalized spacial score (nSPS) is 29.3. The molecule has 20 heavy (non-hydrogen) atoms. The SMILES string of the molecule is COCC1(CNC(=O)CC2CCC(C)C2)CCNCC1. The third kappa shape index (κ3) is 4.45. The van der Waals surface area contributed by atoms with Crippen LogP contribution >= 0.6 is 0 Å². The zero-order chi connectivity index (χ0) is 14.4. The molecule has 2 N–H and O–H groups in total. The molecule has 1 aliphatic carbocycles. The van der Waals surface area contributed by atoms with Crippen LogP contribution in [0.1, 0.15) is 45.4 Å². The molecule has 0 spiro atoms. The highest BCUT2D eigenvalue weighted by atomic mass is 16.5. The smallest absolute Gasteiger partial charge is 0.220 e. The number of hydrogen-bond donors (Lipinski definition) is 2. The number of hydrogen-bond acceptors (Lipinski definition) is 3. The minimum Gasteiger partial charge on any atom is -0.384 e. The zero-order valence-electron chi connectivity index (χ0n) is 13.0. The van der Waals surface area contributed by atoms with Gasteiger partial charge in [0, 0.05) is 25.5 Å². The molecule has 116 valence electrons. The van der Waals surface area contributed by atoms with Gasteiger partial charge in [-0.3, -0.25) is 4.79 Å². The van der Waals surface area contributed by atoms with Crippen LogP contribution in [0.2, 0.25) is 0 Å². The van der Waals surface area contributed by atoms with Crippen molar-refractivity contribution in [3.05, 3.63) is 0 Å². The van der Waals surface area contributed by atoms with E-state index in [1.54, 1.807) is 7.11 Å². The Morgan fingerprint density at radius 2 is 2.10 bits per heavy atom. The molecule has 4 heteroatoms. The highest BCUT2D eigenvalue weighted by Crippen LogP contribution is 2.33. The Morgan fingerprint density at radius 3 is 2.70 bits per heavy atom. The fourth-order valence-electron chi connectivity index (χ4n) is 3.77. The third-order valence-electron chi connectivity index (χ3n) is 5.05. The van der Waals surface area contributed by atoms with Gasteiger partial charge in [-0.1, -0.05) is 13.3 Å². The van der Waals surface area contributed by atoms with Gasteiger partial charge in [-0.05, 0) is 50.6 Å². The second-order valence-corrected chi connectivity index (χ2v) is 6.95. The maximum absolute atomic E-state index is 12.1. The van der Waals surface area contributed by atoms with Crippen molar-refractivity contribution in [2.75, 3.05) is 33.4 Å². The van der Waals surface area contributed by atoms with Gasteiger partial charge < -0.3 is 15.4 Å². The largest absolute Gasteiger partial charge is 0.384 e. The second-order valence-electron chi connectivity index (χ2n) is 6.95. The first-order chi connectivity index (χ1) is 9.63. The Morgan fingerprint density at radius 1 is 1.35 bits per heavy atom. The Kier molecular flexibility index (Phi) is 5.85. The van der Waals surface area contributed by atoms with Gasteiger partial charge in [0.15, 0.2) is 0 Å². The number of carbonyl (C=O) groups excluding carboxylic acids is 1. The molecule has 2 atom stereocenters. The molecular formula is C16H30N2O2. The lowest BCUT2D eigenvalue weighted by atomic mass is 9.79. The van der Waals surface area contributed by atoms with E-state index in [4.69, 9.17) is 4.74 Å². The number of ether oxygens (including phenoxy) is 1. The molecule has 0 aromatic heterocycles. The van der Waals surface area contributed by atoms with E-state index >= 15 is 0 Å². The van der Waals surface area contributed by atoms with E-state index in [0.717, 1.165) is 45.0 Å². The minimum atomic E-state index is 0.138. The summed E-state index contributed by atoms with van der Waals surface area (Å²) in [6.45, 7) is 5.86. The van der Waals surface area contributed by atoms with Crippen molar-refractivity contribution in [2.24, 2.45) is 17.3 Å². The number of carbonyl (C=O) groups is 1. The number of rotatable bonds is 6. The summed E-state index contributed by atoms with van der Waals surface area (Å²) in [4.78, 5) is 12.1. The summed E-state index contributed by atoms with van der Waals surface area (Å²) in [5.41, 5.74) is 0.138. The van der Waals surface area contributed by atoms with E-state index < -0.39 is 0 Å². The van der Waals surface area contributed by atoms with Gasteiger partial charge in [0.2, 0.25) is 5.91 Å². The van der Waals surface area contributed by atoms with Crippen LogP contribution in [-0.2, 0) is 9.53 Å². The van der Waals surface area contributed by atoms with Gasteiger partial charge in [0.25, 0.3) is 0 Å². The molecule has 1 saturated carbocycles. The van der Waals surface area contributed by atoms with Crippen molar-refractivity contribution in [1.82, 2.24) is 10.6 Å². The van der Waals surface area contributed by atoms with Gasteiger partial charge >= 0.3 is 0 Å². The molecule has 0 aromatic carbocycles. The van der Waals surface area contributed by atoms with Gasteiger partial charge in [-0.15, -0.1) is 0 Å². The van der Waals surface area contributed by atoms with Crippen LogP contribution in [0.15, 0.2) is 0 Å². The lowest BCUT2D eigenvalue weighted by molar-refractivity contribution is -0.122. The lowest BCUT2D eigenvalue weighted by Crippen LogP contribution is -2.47. The molecule has 4 nitrogen and oxygen atoms in total. The highest BCUT2D eigenvalue weighted by Gasteiger charge is 2.33. The van der Waals surface area contributed by atoms with Crippen molar-refractivity contribution in [3.63, 3.8) is 0 Å². The molecule has 0 radical (unpaired) electrons. The second kappa shape index (κ2) is 7.41. The Balaban J connectivity index is 1.75. The topological polar surface area (TPSA) is 50.4 Å². The van der Waals surface area contributed by atoms with Crippen molar-refractivity contribution in [3.8, 4) is 0 Å². The molecule has 0 aromatic rings. The molecule has 1 amide bonds. The van der Waals surface area contributed by atoms with Crippen LogP contribution in [0.4, 0.5) is 0 Å². The number of nitrogens with one attached hydrogen (secondary N) is 2. The van der Waals surface area contributed by atoms with Crippen molar-refractivity contribution >= 4 is 5.91 Å². The van der Waals surface area contributed by atoms with Crippen LogP contribution in [0.3, 0.4) is 0 Å². The summed E-state index contributed by atoms with van der Waals surface area (Å²) in [6, 6.07) is 0. The van der Waals surface area contributed by atoms with Gasteiger partial charge in [0.05, 0.1) is 6.61 Å². The van der Waals surface area contributed by atoms with E-state index in [1.807, 2.05) is 0 Å². The molecule has 2 rings (SSSR count). The van der Waals surface area contributed by atoms with Gasteiger partial charge in [-0.25, -0.2) is 0 Å². The third-order valence-corrected chi connectivity index (χ3v) is 5.05. The summed E-state index contributed by atoms with van der Waals surface area (Å²) >= 11 is 0. The zero-order valence-corrected chi connectivity index (χ0v) is 13.0. The number of piperidine rings is 1. The molecule has 1 heterocycles. The van der Waals surface area contributed by atoms with E-state index in [2.05, 4.69) is 17.6 Å². The van der Waals surface area contributed by atoms with Gasteiger partial charge in [0.1, 0.15) is 0 Å². The lowest BCUT2D eigenvalue weighted by Gasteiger charge is -2.37. The molecule has 0 bridgehead atoms. The predicted octanol–water partition coefficient (Wildman–Crippen LogP) is 1.95.